The second kappa shape index (κ2) is 5.79. The van der Waals surface area contributed by atoms with Gasteiger partial charge in [0.1, 0.15) is 5.82 Å². The number of carbonyl (C=O) groups is 1. The van der Waals surface area contributed by atoms with Crippen molar-refractivity contribution in [2.24, 2.45) is 17.8 Å². The van der Waals surface area contributed by atoms with E-state index in [1.54, 1.807) is 12.3 Å². The molecule has 1 fully saturated rings. The normalized spacial score (nSPS) is 28.1. The zero-order valence-electron chi connectivity index (χ0n) is 11.0. The number of amides is 1. The van der Waals surface area contributed by atoms with Gasteiger partial charge >= 0.3 is 0 Å². The average Bonchev–Trinajstić information content (AvgIpc) is 2.97. The van der Waals surface area contributed by atoms with Crippen LogP contribution >= 0.6 is 22.9 Å². The lowest BCUT2D eigenvalue weighted by Crippen LogP contribution is -2.15. The Morgan fingerprint density at radius 2 is 2.35 bits per heavy atom. The number of hydrogen-bond donors (Lipinski definition) is 1. The summed E-state index contributed by atoms with van der Waals surface area (Å²) in [6.45, 7) is 0. The summed E-state index contributed by atoms with van der Waals surface area (Å²) in [5, 5.41) is 0. The van der Waals surface area contributed by atoms with E-state index in [1.807, 2.05) is 22.9 Å². The molecule has 0 aromatic carbocycles. The van der Waals surface area contributed by atoms with Crippen molar-refractivity contribution in [3.8, 4) is 0 Å². The van der Waals surface area contributed by atoms with Crippen LogP contribution in [0.2, 0.25) is 0 Å². The summed E-state index contributed by atoms with van der Waals surface area (Å²) in [6, 6.07) is 1.75. The number of pyridine rings is 1. The molecule has 5 heteroatoms. The third kappa shape index (κ3) is 2.73. The maximum Gasteiger partial charge on any atom is 0.228 e. The topological polar surface area (TPSA) is 42.0 Å². The van der Waals surface area contributed by atoms with Gasteiger partial charge in [-0.3, -0.25) is 13.3 Å². The van der Waals surface area contributed by atoms with Crippen LogP contribution in [0.3, 0.4) is 0 Å². The molecule has 0 saturated heterocycles. The zero-order valence-corrected chi connectivity index (χ0v) is 13.1. The fourth-order valence-corrected chi connectivity index (χ4v) is 3.85. The highest BCUT2D eigenvalue weighted by Crippen LogP contribution is 2.49. The molecule has 0 radical (unpaired) electrons. The monoisotopic (exact) mass is 386 g/mol. The molecule has 20 heavy (non-hydrogen) atoms. The summed E-state index contributed by atoms with van der Waals surface area (Å²) in [4.78, 5) is 15.2. The van der Waals surface area contributed by atoms with Crippen molar-refractivity contribution in [2.75, 3.05) is 0 Å². The maximum atomic E-state index is 13.8. The van der Waals surface area contributed by atoms with E-state index < -0.39 is 0 Å². The van der Waals surface area contributed by atoms with E-state index in [9.17, 15) is 9.18 Å². The van der Waals surface area contributed by atoms with Crippen molar-refractivity contribution < 1.29 is 9.18 Å². The van der Waals surface area contributed by atoms with Crippen molar-refractivity contribution in [1.82, 2.24) is 8.51 Å². The smallest absolute Gasteiger partial charge is 0.228 e. The van der Waals surface area contributed by atoms with E-state index in [1.165, 1.54) is 6.20 Å². The van der Waals surface area contributed by atoms with Crippen molar-refractivity contribution in [1.29, 1.82) is 0 Å². The molecule has 0 aliphatic heterocycles. The highest BCUT2D eigenvalue weighted by molar-refractivity contribution is 14.1. The number of hydrogen-bond acceptors (Lipinski definition) is 2. The summed E-state index contributed by atoms with van der Waals surface area (Å²) in [5.41, 5.74) is 1.80. The first-order valence-corrected chi connectivity index (χ1v) is 7.95. The summed E-state index contributed by atoms with van der Waals surface area (Å²) in [7, 11) is 0. The van der Waals surface area contributed by atoms with Crippen LogP contribution in [0.25, 0.3) is 5.57 Å². The third-order valence-corrected chi connectivity index (χ3v) is 5.04. The van der Waals surface area contributed by atoms with Crippen molar-refractivity contribution in [2.45, 2.75) is 25.7 Å². The highest BCUT2D eigenvalue weighted by Gasteiger charge is 2.38. The first-order chi connectivity index (χ1) is 9.67. The van der Waals surface area contributed by atoms with Gasteiger partial charge in [-0.25, -0.2) is 4.39 Å². The fraction of sp³-hybridized carbons (Fsp3) is 0.467. The molecular formula is C15H16FIN2O. The van der Waals surface area contributed by atoms with Gasteiger partial charge in [0.15, 0.2) is 0 Å². The van der Waals surface area contributed by atoms with Crippen LogP contribution in [0.5, 0.6) is 0 Å². The summed E-state index contributed by atoms with van der Waals surface area (Å²) < 4.78 is 16.4. The number of nitrogens with zero attached hydrogens (tertiary/aromatic N) is 1. The van der Waals surface area contributed by atoms with Gasteiger partial charge in [-0.2, -0.15) is 0 Å². The van der Waals surface area contributed by atoms with Gasteiger partial charge in [0.2, 0.25) is 5.91 Å². The largest absolute Gasteiger partial charge is 0.299 e. The number of rotatable bonds is 3. The van der Waals surface area contributed by atoms with Gasteiger partial charge in [-0.05, 0) is 48.7 Å². The van der Waals surface area contributed by atoms with Crippen molar-refractivity contribution in [3.63, 3.8) is 0 Å². The van der Waals surface area contributed by atoms with Gasteiger partial charge in [0.25, 0.3) is 0 Å². The molecule has 1 aromatic heterocycles. The number of carbonyl (C=O) groups excluding carboxylic acids is 1. The summed E-state index contributed by atoms with van der Waals surface area (Å²) in [5.74, 6) is 1.42. The van der Waals surface area contributed by atoms with Gasteiger partial charge in [-0.15, -0.1) is 0 Å². The first-order valence-electron chi connectivity index (χ1n) is 6.87. The minimum atomic E-state index is -0.237. The molecule has 106 valence electrons. The molecular weight excluding hydrogens is 370 g/mol. The predicted octanol–water partition coefficient (Wildman–Crippen LogP) is 3.51. The Kier molecular flexibility index (Phi) is 4.05. The third-order valence-electron chi connectivity index (χ3n) is 4.44. The molecule has 3 rings (SSSR count). The molecule has 1 saturated carbocycles. The van der Waals surface area contributed by atoms with Gasteiger partial charge in [0, 0.05) is 18.2 Å². The van der Waals surface area contributed by atoms with Gasteiger partial charge in [0.05, 0.1) is 29.1 Å². The second-order valence-electron chi connectivity index (χ2n) is 5.73. The van der Waals surface area contributed by atoms with E-state index in [0.29, 0.717) is 29.7 Å². The molecule has 3 nitrogen and oxygen atoms in total. The molecule has 2 aliphatic carbocycles. The molecule has 1 N–H and O–H groups in total. The van der Waals surface area contributed by atoms with Crippen LogP contribution in [0.4, 0.5) is 4.39 Å². The Balaban J connectivity index is 1.69. The van der Waals surface area contributed by atoms with Crippen molar-refractivity contribution >= 4 is 34.3 Å². The quantitative estimate of drug-likeness (QED) is 0.638. The highest BCUT2D eigenvalue weighted by atomic mass is 127. The molecule has 0 spiro atoms. The zero-order chi connectivity index (χ0) is 14.1. The molecule has 1 amide bonds. The van der Waals surface area contributed by atoms with Crippen molar-refractivity contribution in [3.05, 3.63) is 35.9 Å². The minimum Gasteiger partial charge on any atom is -0.299 e. The SMILES string of the molecule is O=C(C[C@H]1CC2C=C(c3ccncc3F)CC2C1)NI. The van der Waals surface area contributed by atoms with E-state index in [-0.39, 0.29) is 11.7 Å². The Morgan fingerprint density at radius 3 is 3.05 bits per heavy atom. The Morgan fingerprint density at radius 1 is 1.50 bits per heavy atom. The number of allylic oxidation sites excluding steroid dienone is 2. The average molecular weight is 386 g/mol. The van der Waals surface area contributed by atoms with E-state index in [2.05, 4.69) is 14.6 Å². The molecule has 3 atom stereocenters. The van der Waals surface area contributed by atoms with Crippen LogP contribution in [-0.2, 0) is 4.79 Å². The van der Waals surface area contributed by atoms with Crippen LogP contribution in [-0.4, -0.2) is 10.9 Å². The lowest BCUT2D eigenvalue weighted by Gasteiger charge is -2.10. The standard InChI is InChI=1S/C15H16FIN2O/c16-14-8-18-2-1-13(14)12-6-10-3-9(4-11(10)7-12)5-15(20)19-17/h1-2,6,8-11H,3-5,7H2,(H,19,20)/t9-,10?,11?/m0/s1. The van der Waals surface area contributed by atoms with Crippen LogP contribution in [0.1, 0.15) is 31.2 Å². The number of fused-ring (bicyclic) bond motifs is 1. The lowest BCUT2D eigenvalue weighted by molar-refractivity contribution is -0.119. The van der Waals surface area contributed by atoms with E-state index in [0.717, 1.165) is 24.8 Å². The number of nitrogens with one attached hydrogen (secondary N) is 1. The summed E-state index contributed by atoms with van der Waals surface area (Å²) in [6.07, 6.45) is 8.78. The molecule has 1 aromatic rings. The van der Waals surface area contributed by atoms with Crippen LogP contribution in [0.15, 0.2) is 24.5 Å². The predicted molar refractivity (Wildman–Crippen MR) is 83.3 cm³/mol. The first kappa shape index (κ1) is 14.0. The molecule has 2 aliphatic rings. The number of halogens is 2. The van der Waals surface area contributed by atoms with E-state index >= 15 is 0 Å². The molecule has 0 bridgehead atoms. The Hall–Kier alpha value is -0.980. The van der Waals surface area contributed by atoms with Crippen LogP contribution in [0, 0.1) is 23.6 Å². The number of aromatic nitrogens is 1. The maximum absolute atomic E-state index is 13.8. The molecule has 1 heterocycles. The fourth-order valence-electron chi connectivity index (χ4n) is 3.63. The lowest BCUT2D eigenvalue weighted by atomic mass is 9.96. The van der Waals surface area contributed by atoms with Gasteiger partial charge < -0.3 is 0 Å². The Bertz CT molecular complexity index is 561. The minimum absolute atomic E-state index is 0.111. The van der Waals surface area contributed by atoms with E-state index in [4.69, 9.17) is 0 Å². The Labute approximate surface area is 131 Å². The van der Waals surface area contributed by atoms with Crippen LogP contribution < -0.4 is 3.53 Å². The molecule has 2 unspecified atom stereocenters. The van der Waals surface area contributed by atoms with Gasteiger partial charge in [-0.1, -0.05) is 6.08 Å². The second-order valence-corrected chi connectivity index (χ2v) is 6.27. The summed E-state index contributed by atoms with van der Waals surface area (Å²) >= 11 is 1.89.